The molecule has 13 heteroatoms. The summed E-state index contributed by atoms with van der Waals surface area (Å²) in [6, 6.07) is 19.7. The Labute approximate surface area is 286 Å². The Morgan fingerprint density at radius 2 is 1.49 bits per heavy atom. The summed E-state index contributed by atoms with van der Waals surface area (Å²) in [5, 5.41) is 5.22. The van der Waals surface area contributed by atoms with E-state index in [1.54, 1.807) is 56.5 Å². The maximum Gasteiger partial charge on any atom is 0.343 e. The Morgan fingerprint density at radius 1 is 0.816 bits per heavy atom. The summed E-state index contributed by atoms with van der Waals surface area (Å²) in [6.45, 7) is 3.33. The van der Waals surface area contributed by atoms with Gasteiger partial charge in [0.15, 0.2) is 23.0 Å². The molecule has 1 heterocycles. The van der Waals surface area contributed by atoms with E-state index >= 15 is 0 Å². The third-order valence-corrected chi connectivity index (χ3v) is 7.52. The number of benzene rings is 4. The number of carbonyl (C=O) groups excluding carboxylic acids is 3. The Hall–Kier alpha value is -6.01. The quantitative estimate of drug-likeness (QED) is 0.0625. The van der Waals surface area contributed by atoms with Gasteiger partial charge >= 0.3 is 11.9 Å². The van der Waals surface area contributed by atoms with Crippen molar-refractivity contribution < 1.29 is 42.8 Å². The van der Waals surface area contributed by atoms with E-state index in [-0.39, 0.29) is 40.9 Å². The molecule has 4 aromatic carbocycles. The number of esters is 2. The van der Waals surface area contributed by atoms with E-state index in [2.05, 4.69) is 15.5 Å². The van der Waals surface area contributed by atoms with Gasteiger partial charge in [-0.3, -0.25) is 9.59 Å². The molecule has 12 nitrogen and oxygen atoms in total. The number of H-pyrrole nitrogens is 1. The fourth-order valence-corrected chi connectivity index (χ4v) is 5.29. The van der Waals surface area contributed by atoms with Crippen molar-refractivity contribution in [3.05, 3.63) is 94.6 Å². The number of nitrogens with zero attached hydrogens (tertiary/aromatic N) is 1. The molecule has 252 valence electrons. The van der Waals surface area contributed by atoms with Crippen LogP contribution < -0.4 is 33.8 Å². The number of hydrogen-bond acceptors (Lipinski definition) is 10. The number of aromatic nitrogens is 1. The zero-order valence-electron chi connectivity index (χ0n) is 27.2. The van der Waals surface area contributed by atoms with Crippen molar-refractivity contribution in [1.29, 1.82) is 0 Å². The lowest BCUT2D eigenvalue weighted by molar-refractivity contribution is -0.132. The Bertz CT molecular complexity index is 2070. The number of halogens is 1. The van der Waals surface area contributed by atoms with Crippen LogP contribution in [-0.2, 0) is 4.79 Å². The molecule has 0 fully saturated rings. The first-order valence-corrected chi connectivity index (χ1v) is 15.3. The number of nitrogens with one attached hydrogen (secondary N) is 2. The van der Waals surface area contributed by atoms with Crippen molar-refractivity contribution in [1.82, 2.24) is 10.4 Å². The van der Waals surface area contributed by atoms with Crippen molar-refractivity contribution in [2.45, 2.75) is 13.8 Å². The Balaban J connectivity index is 1.40. The fraction of sp³-hybridized carbons (Fsp3) is 0.167. The van der Waals surface area contributed by atoms with Gasteiger partial charge in [0.25, 0.3) is 5.91 Å². The first kappa shape index (κ1) is 34.3. The number of rotatable bonds is 12. The second-order valence-corrected chi connectivity index (χ2v) is 10.7. The van der Waals surface area contributed by atoms with Crippen LogP contribution >= 0.6 is 11.6 Å². The minimum Gasteiger partial charge on any atom is -0.496 e. The first-order valence-electron chi connectivity index (χ1n) is 14.9. The van der Waals surface area contributed by atoms with Crippen LogP contribution in [-0.4, -0.2) is 57.0 Å². The van der Waals surface area contributed by atoms with Crippen LogP contribution in [0.3, 0.4) is 0 Å². The third-order valence-electron chi connectivity index (χ3n) is 7.19. The molecule has 0 aliphatic heterocycles. The van der Waals surface area contributed by atoms with Crippen molar-refractivity contribution in [2.24, 2.45) is 5.10 Å². The normalized spacial score (nSPS) is 10.9. The second-order valence-electron chi connectivity index (χ2n) is 10.3. The highest BCUT2D eigenvalue weighted by Gasteiger charge is 2.25. The highest BCUT2D eigenvalue weighted by Crippen LogP contribution is 2.44. The van der Waals surface area contributed by atoms with Crippen LogP contribution in [0.1, 0.15) is 40.3 Å². The number of fused-ring (bicyclic) bond motifs is 1. The van der Waals surface area contributed by atoms with Crippen molar-refractivity contribution in [3.63, 3.8) is 0 Å². The Morgan fingerprint density at radius 3 is 2.18 bits per heavy atom. The van der Waals surface area contributed by atoms with E-state index in [9.17, 15) is 14.4 Å². The fourth-order valence-electron chi connectivity index (χ4n) is 5.06. The minimum atomic E-state index is -0.691. The smallest absolute Gasteiger partial charge is 0.343 e. The summed E-state index contributed by atoms with van der Waals surface area (Å²) in [4.78, 5) is 41.1. The molecule has 0 saturated carbocycles. The van der Waals surface area contributed by atoms with E-state index in [0.717, 1.165) is 0 Å². The van der Waals surface area contributed by atoms with Gasteiger partial charge in [0.05, 0.1) is 50.6 Å². The highest BCUT2D eigenvalue weighted by atomic mass is 35.5. The summed E-state index contributed by atoms with van der Waals surface area (Å²) in [7, 11) is 4.46. The van der Waals surface area contributed by atoms with Crippen molar-refractivity contribution >= 4 is 46.6 Å². The van der Waals surface area contributed by atoms with Gasteiger partial charge in [-0.15, -0.1) is 0 Å². The van der Waals surface area contributed by atoms with Gasteiger partial charge in [0, 0.05) is 23.1 Å². The maximum absolute atomic E-state index is 13.6. The molecule has 0 unspecified atom stereocenters. The third kappa shape index (κ3) is 7.44. The largest absolute Gasteiger partial charge is 0.496 e. The summed E-state index contributed by atoms with van der Waals surface area (Å²) < 4.78 is 32.9. The van der Waals surface area contributed by atoms with E-state index in [0.29, 0.717) is 44.1 Å². The zero-order valence-corrected chi connectivity index (χ0v) is 28.0. The lowest BCUT2D eigenvalue weighted by Gasteiger charge is -2.13. The molecule has 1 amide bonds. The monoisotopic (exact) mass is 685 g/mol. The predicted molar refractivity (Wildman–Crippen MR) is 184 cm³/mol. The summed E-state index contributed by atoms with van der Waals surface area (Å²) in [5.74, 6) is 0.0434. The molecule has 49 heavy (non-hydrogen) atoms. The molecule has 0 radical (unpaired) electrons. The average molecular weight is 686 g/mol. The lowest BCUT2D eigenvalue weighted by atomic mass is 10.0. The number of methoxy groups -OCH3 is 3. The molecule has 0 bridgehead atoms. The van der Waals surface area contributed by atoms with Gasteiger partial charge in [-0.2, -0.15) is 5.10 Å². The van der Waals surface area contributed by atoms with Crippen LogP contribution in [0.2, 0.25) is 5.02 Å². The molecule has 0 aliphatic carbocycles. The van der Waals surface area contributed by atoms with Crippen LogP contribution in [0.15, 0.2) is 77.9 Å². The second kappa shape index (κ2) is 15.3. The van der Waals surface area contributed by atoms with E-state index in [1.165, 1.54) is 45.6 Å². The highest BCUT2D eigenvalue weighted by molar-refractivity contribution is 6.34. The maximum atomic E-state index is 13.6. The molecule has 2 N–H and O–H groups in total. The van der Waals surface area contributed by atoms with Gasteiger partial charge in [-0.1, -0.05) is 29.8 Å². The lowest BCUT2D eigenvalue weighted by Crippen LogP contribution is -2.19. The van der Waals surface area contributed by atoms with Crippen LogP contribution in [0.4, 0.5) is 0 Å². The first-order chi connectivity index (χ1) is 23.7. The molecule has 0 spiro atoms. The molecular weight excluding hydrogens is 654 g/mol. The van der Waals surface area contributed by atoms with Gasteiger partial charge < -0.3 is 33.4 Å². The molecule has 0 saturated heterocycles. The summed E-state index contributed by atoms with van der Waals surface area (Å²) in [6.07, 6.45) is 1.42. The summed E-state index contributed by atoms with van der Waals surface area (Å²) in [5.41, 5.74) is 5.15. The number of ether oxygens (including phenoxy) is 6. The zero-order chi connectivity index (χ0) is 35.1. The SMILES string of the molecule is CCOc1cc(C=NNC(=O)c2[nH]c3c(OC)ccc(OC)c3c2-c2ccccc2Cl)ccc1OC(=O)c1ccc(OC(C)=O)c(OC)c1. The van der Waals surface area contributed by atoms with E-state index in [1.807, 2.05) is 12.1 Å². The van der Waals surface area contributed by atoms with Crippen LogP contribution in [0.5, 0.6) is 34.5 Å². The van der Waals surface area contributed by atoms with Crippen LogP contribution in [0.25, 0.3) is 22.0 Å². The molecule has 5 aromatic rings. The number of hydrogen-bond donors (Lipinski definition) is 2. The van der Waals surface area contributed by atoms with Gasteiger partial charge in [-0.05, 0) is 67.1 Å². The molecule has 1 aromatic heterocycles. The Kier molecular flexibility index (Phi) is 10.7. The van der Waals surface area contributed by atoms with Gasteiger partial charge in [0.2, 0.25) is 0 Å². The van der Waals surface area contributed by atoms with E-state index in [4.69, 9.17) is 40.0 Å². The number of aromatic amines is 1. The topological polar surface area (TPSA) is 147 Å². The van der Waals surface area contributed by atoms with Gasteiger partial charge in [0.1, 0.15) is 17.2 Å². The molecule has 0 aliphatic rings. The minimum absolute atomic E-state index is 0.154. The predicted octanol–water partition coefficient (Wildman–Crippen LogP) is 6.82. The molecule has 0 atom stereocenters. The number of hydrazone groups is 1. The standard InChI is InChI=1S/C36H32ClN3O9/c1-6-47-30-17-21(11-13-26(30)49-36(43)22-12-14-25(48-20(2)41)29(18-22)46-5)19-38-40-35(42)34-31(23-9-7-8-10-24(23)37)32-27(44-3)15-16-28(45-4)33(32)39-34/h7-19,39H,6H2,1-5H3,(H,40,42). The van der Waals surface area contributed by atoms with Crippen LogP contribution in [0, 0.1) is 0 Å². The molecule has 5 rings (SSSR count). The molecular formula is C36H32ClN3O9. The van der Waals surface area contributed by atoms with Crippen molar-refractivity contribution in [2.75, 3.05) is 27.9 Å². The number of carbonyl (C=O) groups is 3. The number of amides is 1. The van der Waals surface area contributed by atoms with Gasteiger partial charge in [-0.25, -0.2) is 10.2 Å². The summed E-state index contributed by atoms with van der Waals surface area (Å²) >= 11 is 6.59. The van der Waals surface area contributed by atoms with Crippen molar-refractivity contribution in [3.8, 4) is 45.6 Å². The average Bonchev–Trinajstić information content (AvgIpc) is 3.50. The van der Waals surface area contributed by atoms with E-state index < -0.39 is 17.8 Å².